The smallest absolute Gasteiger partial charge is 0.171 e. The molecule has 1 aromatic heterocycles. The molecule has 2 unspecified atom stereocenters. The maximum Gasteiger partial charge on any atom is 0.171 e. The van der Waals surface area contributed by atoms with Crippen LogP contribution in [0.5, 0.6) is 0 Å². The van der Waals surface area contributed by atoms with Gasteiger partial charge >= 0.3 is 0 Å². The van der Waals surface area contributed by atoms with Crippen LogP contribution in [0.2, 0.25) is 0 Å². The topological polar surface area (TPSA) is 46.4 Å². The highest BCUT2D eigenvalue weighted by atomic mass is 35.5. The van der Waals surface area contributed by atoms with Crippen molar-refractivity contribution in [2.24, 2.45) is 0 Å². The van der Waals surface area contributed by atoms with Gasteiger partial charge in [-0.3, -0.25) is 0 Å². The average molecular weight is 279 g/mol. The van der Waals surface area contributed by atoms with E-state index in [0.717, 1.165) is 12.1 Å². The molecule has 0 aliphatic carbocycles. The minimum Gasteiger partial charge on any atom is -1.00 e. The van der Waals surface area contributed by atoms with Gasteiger partial charge in [0, 0.05) is 24.2 Å². The number of nitrogens with one attached hydrogen (secondary N) is 2. The molecule has 0 saturated heterocycles. The van der Waals surface area contributed by atoms with E-state index < -0.39 is 6.10 Å². The molecule has 0 radical (unpaired) electrons. The molecule has 102 valence electrons. The van der Waals surface area contributed by atoms with Crippen molar-refractivity contribution in [1.82, 2.24) is 5.32 Å². The first-order chi connectivity index (χ1) is 8.77. The van der Waals surface area contributed by atoms with E-state index in [4.69, 9.17) is 0 Å². The molecule has 2 rings (SSSR count). The summed E-state index contributed by atoms with van der Waals surface area (Å²) in [6.45, 7) is 2.73. The van der Waals surface area contributed by atoms with E-state index in [1.807, 2.05) is 61.8 Å². The molecule has 0 amide bonds. The molecule has 0 saturated carbocycles. The summed E-state index contributed by atoms with van der Waals surface area (Å²) in [4.78, 5) is 3.04. The number of hydrogen-bond acceptors (Lipinski definition) is 2. The first-order valence-electron chi connectivity index (χ1n) is 6.19. The summed E-state index contributed by atoms with van der Waals surface area (Å²) >= 11 is 0. The SMILES string of the molecule is CC(NCc1ccc[nH+]c1)C(O)c1ccccc1.[Cl-]. The maximum atomic E-state index is 10.2. The lowest BCUT2D eigenvalue weighted by Gasteiger charge is -2.20. The highest BCUT2D eigenvalue weighted by molar-refractivity contribution is 5.18. The predicted molar refractivity (Wildman–Crippen MR) is 70.7 cm³/mol. The van der Waals surface area contributed by atoms with Gasteiger partial charge in [-0.15, -0.1) is 0 Å². The number of aromatic amines is 1. The van der Waals surface area contributed by atoms with Gasteiger partial charge in [-0.1, -0.05) is 30.3 Å². The molecule has 3 nitrogen and oxygen atoms in total. The Hall–Kier alpha value is -1.42. The summed E-state index contributed by atoms with van der Waals surface area (Å²) in [6, 6.07) is 13.7. The van der Waals surface area contributed by atoms with E-state index in [-0.39, 0.29) is 18.4 Å². The summed E-state index contributed by atoms with van der Waals surface area (Å²) in [6.07, 6.45) is 3.35. The van der Waals surface area contributed by atoms with Gasteiger partial charge in [0.15, 0.2) is 12.4 Å². The second kappa shape index (κ2) is 7.89. The molecule has 0 fully saturated rings. The van der Waals surface area contributed by atoms with E-state index >= 15 is 0 Å². The molecule has 1 heterocycles. The van der Waals surface area contributed by atoms with Gasteiger partial charge in [-0.2, -0.15) is 0 Å². The van der Waals surface area contributed by atoms with Crippen molar-refractivity contribution in [1.29, 1.82) is 0 Å². The normalized spacial score (nSPS) is 13.4. The number of aromatic nitrogens is 1. The summed E-state index contributed by atoms with van der Waals surface area (Å²) in [5, 5.41) is 13.5. The number of benzene rings is 1. The molecule has 0 aliphatic rings. The van der Waals surface area contributed by atoms with Crippen LogP contribution in [0.4, 0.5) is 0 Å². The molecule has 1 aromatic carbocycles. The number of H-pyrrole nitrogens is 1. The monoisotopic (exact) mass is 278 g/mol. The van der Waals surface area contributed by atoms with Crippen LogP contribution < -0.4 is 22.7 Å². The molecule has 3 N–H and O–H groups in total. The van der Waals surface area contributed by atoms with Crippen molar-refractivity contribution in [3.8, 4) is 0 Å². The quantitative estimate of drug-likeness (QED) is 0.716. The van der Waals surface area contributed by atoms with Crippen LogP contribution >= 0.6 is 0 Å². The van der Waals surface area contributed by atoms with Crippen LogP contribution in [-0.2, 0) is 6.54 Å². The number of aliphatic hydroxyl groups is 1. The van der Waals surface area contributed by atoms with E-state index in [1.54, 1.807) is 0 Å². The van der Waals surface area contributed by atoms with Crippen molar-refractivity contribution in [2.45, 2.75) is 25.6 Å². The molecular weight excluding hydrogens is 260 g/mol. The fourth-order valence-electron chi connectivity index (χ4n) is 1.87. The van der Waals surface area contributed by atoms with Gasteiger partial charge < -0.3 is 22.8 Å². The standard InChI is InChI=1S/C15H18N2O.ClH/c1-12(15(18)14-7-3-2-4-8-14)17-11-13-6-5-9-16-10-13;/h2-10,12,15,17-18H,11H2,1H3;1H. The number of rotatable bonds is 5. The van der Waals surface area contributed by atoms with E-state index in [0.29, 0.717) is 0 Å². The molecule has 0 spiro atoms. The molecule has 2 atom stereocenters. The van der Waals surface area contributed by atoms with Crippen molar-refractivity contribution in [3.63, 3.8) is 0 Å². The molecule has 2 aromatic rings. The van der Waals surface area contributed by atoms with Gasteiger partial charge in [0.2, 0.25) is 0 Å². The Bertz CT molecular complexity index is 464. The Morgan fingerprint density at radius 3 is 2.53 bits per heavy atom. The lowest BCUT2D eigenvalue weighted by atomic mass is 10.0. The number of halogens is 1. The van der Waals surface area contributed by atoms with E-state index in [9.17, 15) is 5.11 Å². The number of pyridine rings is 1. The largest absolute Gasteiger partial charge is 1.00 e. The summed E-state index contributed by atoms with van der Waals surface area (Å²) in [5.41, 5.74) is 2.11. The third kappa shape index (κ3) is 4.63. The second-order valence-electron chi connectivity index (χ2n) is 4.44. The van der Waals surface area contributed by atoms with Gasteiger partial charge in [-0.05, 0) is 18.6 Å². The fourth-order valence-corrected chi connectivity index (χ4v) is 1.87. The summed E-state index contributed by atoms with van der Waals surface area (Å²) < 4.78 is 0. The van der Waals surface area contributed by atoms with Crippen molar-refractivity contribution in [2.75, 3.05) is 0 Å². The van der Waals surface area contributed by atoms with Crippen molar-refractivity contribution < 1.29 is 22.5 Å². The predicted octanol–water partition coefficient (Wildman–Crippen LogP) is -1.28. The zero-order valence-corrected chi connectivity index (χ0v) is 11.6. The van der Waals surface area contributed by atoms with Gasteiger partial charge in [0.05, 0.1) is 6.10 Å². The third-order valence-electron chi connectivity index (χ3n) is 3.01. The van der Waals surface area contributed by atoms with E-state index in [2.05, 4.69) is 10.3 Å². The van der Waals surface area contributed by atoms with Gasteiger partial charge in [0.25, 0.3) is 0 Å². The molecular formula is C15H19ClN2O. The minimum atomic E-state index is -0.487. The number of aliphatic hydroxyl groups excluding tert-OH is 1. The Morgan fingerprint density at radius 2 is 1.89 bits per heavy atom. The Kier molecular flexibility index (Phi) is 6.50. The highest BCUT2D eigenvalue weighted by Gasteiger charge is 2.15. The number of hydrogen-bond donors (Lipinski definition) is 2. The first kappa shape index (κ1) is 15.6. The third-order valence-corrected chi connectivity index (χ3v) is 3.01. The maximum absolute atomic E-state index is 10.2. The first-order valence-corrected chi connectivity index (χ1v) is 6.19. The average Bonchev–Trinajstić information content (AvgIpc) is 2.46. The van der Waals surface area contributed by atoms with E-state index in [1.165, 1.54) is 5.56 Å². The van der Waals surface area contributed by atoms with Crippen LogP contribution in [0.25, 0.3) is 0 Å². The minimum absolute atomic E-state index is 0. The molecule has 0 bridgehead atoms. The lowest BCUT2D eigenvalue weighted by Crippen LogP contribution is -3.00. The highest BCUT2D eigenvalue weighted by Crippen LogP contribution is 2.16. The fraction of sp³-hybridized carbons (Fsp3) is 0.267. The van der Waals surface area contributed by atoms with Gasteiger partial charge in [-0.25, -0.2) is 4.98 Å². The molecule has 0 aliphatic heterocycles. The summed E-state index contributed by atoms with van der Waals surface area (Å²) in [5.74, 6) is 0. The van der Waals surface area contributed by atoms with Crippen LogP contribution in [0.1, 0.15) is 24.2 Å². The zero-order chi connectivity index (χ0) is 12.8. The Balaban J connectivity index is 0.00000180. The van der Waals surface area contributed by atoms with Crippen LogP contribution in [0, 0.1) is 0 Å². The van der Waals surface area contributed by atoms with Crippen molar-refractivity contribution >= 4 is 0 Å². The second-order valence-corrected chi connectivity index (χ2v) is 4.44. The van der Waals surface area contributed by atoms with Crippen molar-refractivity contribution in [3.05, 3.63) is 66.0 Å². The van der Waals surface area contributed by atoms with Gasteiger partial charge in [0.1, 0.15) is 0 Å². The Labute approximate surface area is 120 Å². The van der Waals surface area contributed by atoms with Crippen LogP contribution in [0.3, 0.4) is 0 Å². The van der Waals surface area contributed by atoms with Crippen LogP contribution in [-0.4, -0.2) is 11.1 Å². The molecule has 19 heavy (non-hydrogen) atoms. The van der Waals surface area contributed by atoms with Crippen LogP contribution in [0.15, 0.2) is 54.9 Å². The lowest BCUT2D eigenvalue weighted by molar-refractivity contribution is -0.378. The summed E-state index contributed by atoms with van der Waals surface area (Å²) in [7, 11) is 0. The Morgan fingerprint density at radius 1 is 1.16 bits per heavy atom. The zero-order valence-electron chi connectivity index (χ0n) is 10.9. The molecule has 4 heteroatoms.